The number of rotatable bonds is 2. The first-order chi connectivity index (χ1) is 8.46. The van der Waals surface area contributed by atoms with Gasteiger partial charge in [0, 0.05) is 0 Å². The average Bonchev–Trinajstić information content (AvgIpc) is 2.11. The normalized spacial score (nSPS) is 23.2. The van der Waals surface area contributed by atoms with Crippen molar-refractivity contribution in [3.05, 3.63) is 34.9 Å². The molecule has 1 N–H and O–H groups in total. The predicted molar refractivity (Wildman–Crippen MR) is 70.7 cm³/mol. The molecule has 3 rings (SSSR count). The van der Waals surface area contributed by atoms with Crippen LogP contribution in [0.1, 0.15) is 48.8 Å². The zero-order valence-corrected chi connectivity index (χ0v) is 11.1. The number of carbonyl (C=O) groups is 1. The minimum Gasteiger partial charge on any atom is -0.481 e. The van der Waals surface area contributed by atoms with Crippen LogP contribution in [0.3, 0.4) is 0 Å². The summed E-state index contributed by atoms with van der Waals surface area (Å²) in [6.07, 6.45) is 5.43. The number of hydrogen-bond donors (Lipinski definition) is 1. The number of benzene rings is 1. The van der Waals surface area contributed by atoms with E-state index in [1.54, 1.807) is 0 Å². The van der Waals surface area contributed by atoms with Gasteiger partial charge in [-0.1, -0.05) is 35.7 Å². The van der Waals surface area contributed by atoms with Crippen LogP contribution in [0, 0.1) is 19.3 Å². The Balaban J connectivity index is 1.98. The Labute approximate surface area is 108 Å². The van der Waals surface area contributed by atoms with E-state index in [9.17, 15) is 9.90 Å². The first kappa shape index (κ1) is 11.8. The average molecular weight is 244 g/mol. The van der Waals surface area contributed by atoms with Crippen LogP contribution in [0.5, 0.6) is 0 Å². The van der Waals surface area contributed by atoms with E-state index in [0.29, 0.717) is 5.41 Å². The Morgan fingerprint density at radius 1 is 1.11 bits per heavy atom. The van der Waals surface area contributed by atoms with Gasteiger partial charge in [-0.2, -0.15) is 0 Å². The van der Waals surface area contributed by atoms with Crippen molar-refractivity contribution >= 4 is 5.97 Å². The molecule has 1 aromatic rings. The predicted octanol–water partition coefficient (Wildman–Crippen LogP) is 3.59. The minimum atomic E-state index is -0.634. The van der Waals surface area contributed by atoms with Crippen molar-refractivity contribution < 1.29 is 9.90 Å². The summed E-state index contributed by atoms with van der Waals surface area (Å²) in [5, 5.41) is 9.67. The highest BCUT2D eigenvalue weighted by molar-refractivity contribution is 5.83. The van der Waals surface area contributed by atoms with E-state index in [1.165, 1.54) is 30.4 Å². The molecule has 2 nitrogen and oxygen atoms in total. The molecule has 2 saturated carbocycles. The van der Waals surface area contributed by atoms with Crippen molar-refractivity contribution in [2.75, 3.05) is 0 Å². The standard InChI is InChI=1S/C16H20O2/c1-11-6-12(2)8-13(7-11)16(14(17)18)9-15(10-16)4-3-5-15/h6-8H,3-5,9-10H2,1-2H3,(H,17,18). The summed E-state index contributed by atoms with van der Waals surface area (Å²) in [5.74, 6) is -0.634. The lowest BCUT2D eigenvalue weighted by Gasteiger charge is -2.59. The van der Waals surface area contributed by atoms with Crippen molar-refractivity contribution in [2.45, 2.75) is 51.4 Å². The van der Waals surface area contributed by atoms with Crippen LogP contribution < -0.4 is 0 Å². The zero-order chi connectivity index (χ0) is 13.0. The summed E-state index contributed by atoms with van der Waals surface area (Å²) in [5.41, 5.74) is 3.12. The highest BCUT2D eigenvalue weighted by Gasteiger charge is 2.61. The third kappa shape index (κ3) is 1.51. The summed E-state index contributed by atoms with van der Waals surface area (Å²) in [4.78, 5) is 11.8. The van der Waals surface area contributed by atoms with Crippen molar-refractivity contribution in [2.24, 2.45) is 5.41 Å². The molecule has 2 aliphatic carbocycles. The fourth-order valence-corrected chi connectivity index (χ4v) is 3.99. The van der Waals surface area contributed by atoms with Crippen LogP contribution in [0.25, 0.3) is 0 Å². The maximum atomic E-state index is 11.8. The molecule has 18 heavy (non-hydrogen) atoms. The van der Waals surface area contributed by atoms with Crippen LogP contribution in [-0.4, -0.2) is 11.1 Å². The number of carboxylic acids is 1. The molecule has 0 bridgehead atoms. The van der Waals surface area contributed by atoms with E-state index in [4.69, 9.17) is 0 Å². The van der Waals surface area contributed by atoms with Gasteiger partial charge in [-0.15, -0.1) is 0 Å². The van der Waals surface area contributed by atoms with E-state index in [-0.39, 0.29) is 0 Å². The smallest absolute Gasteiger partial charge is 0.314 e. The van der Waals surface area contributed by atoms with Crippen molar-refractivity contribution in [3.63, 3.8) is 0 Å². The summed E-state index contributed by atoms with van der Waals surface area (Å²) >= 11 is 0. The quantitative estimate of drug-likeness (QED) is 0.863. The Morgan fingerprint density at radius 3 is 2.06 bits per heavy atom. The molecule has 96 valence electrons. The summed E-state index contributed by atoms with van der Waals surface area (Å²) in [7, 11) is 0. The van der Waals surface area contributed by atoms with E-state index >= 15 is 0 Å². The Bertz CT molecular complexity index is 484. The molecule has 0 atom stereocenters. The largest absolute Gasteiger partial charge is 0.481 e. The van der Waals surface area contributed by atoms with Gasteiger partial charge in [0.2, 0.25) is 0 Å². The lowest BCUT2D eigenvalue weighted by Crippen LogP contribution is -2.57. The Hall–Kier alpha value is -1.31. The molecule has 0 radical (unpaired) electrons. The van der Waals surface area contributed by atoms with E-state index in [0.717, 1.165) is 18.4 Å². The summed E-state index contributed by atoms with van der Waals surface area (Å²) in [6, 6.07) is 6.23. The number of hydrogen-bond acceptors (Lipinski definition) is 1. The highest BCUT2D eigenvalue weighted by Crippen LogP contribution is 2.65. The second kappa shape index (κ2) is 3.59. The molecule has 0 saturated heterocycles. The van der Waals surface area contributed by atoms with Gasteiger partial charge in [0.05, 0.1) is 5.41 Å². The van der Waals surface area contributed by atoms with Gasteiger partial charge in [0.15, 0.2) is 0 Å². The van der Waals surface area contributed by atoms with Crippen molar-refractivity contribution in [1.82, 2.24) is 0 Å². The van der Waals surface area contributed by atoms with E-state index in [1.807, 2.05) is 13.8 Å². The molecule has 0 amide bonds. The van der Waals surface area contributed by atoms with Crippen LogP contribution in [-0.2, 0) is 10.2 Å². The summed E-state index contributed by atoms with van der Waals surface area (Å²) in [6.45, 7) is 4.09. The number of aryl methyl sites for hydroxylation is 2. The van der Waals surface area contributed by atoms with Crippen LogP contribution in [0.2, 0.25) is 0 Å². The SMILES string of the molecule is Cc1cc(C)cc(C2(C(=O)O)CC3(CCC3)C2)c1. The van der Waals surface area contributed by atoms with Crippen molar-refractivity contribution in [1.29, 1.82) is 0 Å². The van der Waals surface area contributed by atoms with Crippen LogP contribution in [0.15, 0.2) is 18.2 Å². The van der Waals surface area contributed by atoms with E-state index < -0.39 is 11.4 Å². The Kier molecular flexibility index (Phi) is 2.35. The third-order valence-corrected chi connectivity index (χ3v) is 4.95. The fourth-order valence-electron chi connectivity index (χ4n) is 3.99. The van der Waals surface area contributed by atoms with E-state index in [2.05, 4.69) is 18.2 Å². The first-order valence-electron chi connectivity index (χ1n) is 6.78. The topological polar surface area (TPSA) is 37.3 Å². The minimum absolute atomic E-state index is 0.371. The van der Waals surface area contributed by atoms with Crippen LogP contribution in [0.4, 0.5) is 0 Å². The van der Waals surface area contributed by atoms with Gasteiger partial charge in [-0.3, -0.25) is 4.79 Å². The molecule has 1 aromatic carbocycles. The highest BCUT2D eigenvalue weighted by atomic mass is 16.4. The molecular weight excluding hydrogens is 224 g/mol. The Morgan fingerprint density at radius 2 is 1.67 bits per heavy atom. The monoisotopic (exact) mass is 244 g/mol. The molecule has 2 fully saturated rings. The molecule has 0 aliphatic heterocycles. The fraction of sp³-hybridized carbons (Fsp3) is 0.562. The van der Waals surface area contributed by atoms with Gasteiger partial charge in [-0.05, 0) is 50.5 Å². The molecular formula is C16H20O2. The molecule has 0 aromatic heterocycles. The maximum Gasteiger partial charge on any atom is 0.314 e. The molecule has 1 spiro atoms. The first-order valence-corrected chi connectivity index (χ1v) is 6.78. The number of aliphatic carboxylic acids is 1. The van der Waals surface area contributed by atoms with Gasteiger partial charge >= 0.3 is 5.97 Å². The molecule has 2 heteroatoms. The maximum absolute atomic E-state index is 11.8. The van der Waals surface area contributed by atoms with Gasteiger partial charge < -0.3 is 5.11 Å². The molecule has 0 unspecified atom stereocenters. The number of carboxylic acid groups (broad SMARTS) is 1. The summed E-state index contributed by atoms with van der Waals surface area (Å²) < 4.78 is 0. The lowest BCUT2D eigenvalue weighted by molar-refractivity contribution is -0.160. The second-order valence-electron chi connectivity index (χ2n) is 6.47. The second-order valence-corrected chi connectivity index (χ2v) is 6.47. The van der Waals surface area contributed by atoms with Gasteiger partial charge in [0.25, 0.3) is 0 Å². The van der Waals surface area contributed by atoms with Gasteiger partial charge in [-0.25, -0.2) is 0 Å². The van der Waals surface area contributed by atoms with Crippen LogP contribution >= 0.6 is 0 Å². The van der Waals surface area contributed by atoms with Crippen molar-refractivity contribution in [3.8, 4) is 0 Å². The van der Waals surface area contributed by atoms with Gasteiger partial charge in [0.1, 0.15) is 0 Å². The lowest BCUT2D eigenvalue weighted by atomic mass is 9.43. The third-order valence-electron chi connectivity index (χ3n) is 4.95. The zero-order valence-electron chi connectivity index (χ0n) is 11.1. The molecule has 2 aliphatic rings. The molecule has 0 heterocycles.